The van der Waals surface area contributed by atoms with Gasteiger partial charge in [-0.25, -0.2) is 0 Å². The maximum Gasteiger partial charge on any atom is 0.166 e. The molecule has 0 radical (unpaired) electrons. The third kappa shape index (κ3) is 5.49. The lowest BCUT2D eigenvalue weighted by atomic mass is 9.61. The summed E-state index contributed by atoms with van der Waals surface area (Å²) in [6, 6.07) is 22.8. The fourth-order valence-electron chi connectivity index (χ4n) is 5.07. The quantitative estimate of drug-likeness (QED) is 0.273. The minimum absolute atomic E-state index is 0.00343. The van der Waals surface area contributed by atoms with Gasteiger partial charge in [-0.1, -0.05) is 61.0 Å². The predicted molar refractivity (Wildman–Crippen MR) is 139 cm³/mol. The van der Waals surface area contributed by atoms with Gasteiger partial charge in [0.2, 0.25) is 0 Å². The van der Waals surface area contributed by atoms with Crippen molar-refractivity contribution in [1.82, 2.24) is 0 Å². The van der Waals surface area contributed by atoms with Crippen molar-refractivity contribution in [1.29, 1.82) is 0 Å². The second-order valence-corrected chi connectivity index (χ2v) is 9.41. The molecule has 0 heterocycles. The molecule has 0 amide bonds. The van der Waals surface area contributed by atoms with Gasteiger partial charge in [-0.3, -0.25) is 9.59 Å². The number of Topliss-reactive ketones (excluding diaryl/α,β-unsaturated/α-hetero) is 1. The van der Waals surface area contributed by atoms with Gasteiger partial charge >= 0.3 is 0 Å². The van der Waals surface area contributed by atoms with E-state index in [-0.39, 0.29) is 29.3 Å². The zero-order valence-corrected chi connectivity index (χ0v) is 20.9. The zero-order valence-electron chi connectivity index (χ0n) is 20.1. The van der Waals surface area contributed by atoms with E-state index in [0.29, 0.717) is 11.4 Å². The summed E-state index contributed by atoms with van der Waals surface area (Å²) in [7, 11) is 3.24. The zero-order chi connectivity index (χ0) is 24.9. The average Bonchev–Trinajstić information content (AvgIpc) is 2.89. The first-order chi connectivity index (χ1) is 16.9. The van der Waals surface area contributed by atoms with Gasteiger partial charge in [0.05, 0.1) is 20.1 Å². The summed E-state index contributed by atoms with van der Waals surface area (Å²) in [5.74, 6) is 0.379. The topological polar surface area (TPSA) is 52.6 Å². The number of allylic oxidation sites excluding steroid dienone is 1. The maximum absolute atomic E-state index is 13.5. The van der Waals surface area contributed by atoms with Gasteiger partial charge < -0.3 is 9.47 Å². The molecule has 2 unspecified atom stereocenters. The van der Waals surface area contributed by atoms with Crippen LogP contribution in [0.1, 0.15) is 41.9 Å². The lowest BCUT2D eigenvalue weighted by molar-refractivity contribution is -0.134. The number of methoxy groups -OCH3 is 2. The van der Waals surface area contributed by atoms with Gasteiger partial charge in [0.15, 0.2) is 5.78 Å². The Kier molecular flexibility index (Phi) is 7.72. The van der Waals surface area contributed by atoms with Crippen molar-refractivity contribution in [3.8, 4) is 11.5 Å². The molecule has 1 fully saturated rings. The summed E-state index contributed by atoms with van der Waals surface area (Å²) in [5.41, 5.74) is 2.89. The molecule has 1 saturated carbocycles. The van der Waals surface area contributed by atoms with Crippen LogP contribution in [0.4, 0.5) is 0 Å². The summed E-state index contributed by atoms with van der Waals surface area (Å²) in [6.45, 7) is 2.13. The number of halogens is 1. The van der Waals surface area contributed by atoms with Gasteiger partial charge in [0.25, 0.3) is 0 Å². The van der Waals surface area contributed by atoms with Crippen LogP contribution in [0.15, 0.2) is 78.9 Å². The highest BCUT2D eigenvalue weighted by Gasteiger charge is 2.45. The summed E-state index contributed by atoms with van der Waals surface area (Å²) in [4.78, 5) is 27.0. The second kappa shape index (κ2) is 10.9. The van der Waals surface area contributed by atoms with Crippen LogP contribution in [0.2, 0.25) is 5.02 Å². The van der Waals surface area contributed by atoms with Gasteiger partial charge in [-0.05, 0) is 71.0 Å². The molecule has 5 heteroatoms. The Labute approximate surface area is 211 Å². The normalized spacial score (nSPS) is 22.2. The molecule has 4 nitrogen and oxygen atoms in total. The molecular formula is C30H29ClO4. The van der Waals surface area contributed by atoms with E-state index >= 15 is 0 Å². The fourth-order valence-corrected chi connectivity index (χ4v) is 5.20. The van der Waals surface area contributed by atoms with Crippen LogP contribution >= 0.6 is 11.6 Å². The lowest BCUT2D eigenvalue weighted by Crippen LogP contribution is -2.40. The first kappa shape index (κ1) is 24.7. The van der Waals surface area contributed by atoms with E-state index in [9.17, 15) is 9.59 Å². The number of ether oxygens (including phenoxy) is 2. The molecule has 0 N–H and O–H groups in total. The Morgan fingerprint density at radius 2 is 1.40 bits per heavy atom. The van der Waals surface area contributed by atoms with Gasteiger partial charge in [0.1, 0.15) is 17.3 Å². The van der Waals surface area contributed by atoms with Crippen molar-refractivity contribution in [2.45, 2.75) is 25.2 Å². The van der Waals surface area contributed by atoms with Crippen molar-refractivity contribution >= 4 is 29.2 Å². The number of hydrogen-bond donors (Lipinski definition) is 0. The van der Waals surface area contributed by atoms with Crippen LogP contribution < -0.4 is 9.47 Å². The Hall–Kier alpha value is -3.37. The van der Waals surface area contributed by atoms with Crippen LogP contribution in [0.5, 0.6) is 11.5 Å². The van der Waals surface area contributed by atoms with E-state index in [4.69, 9.17) is 21.1 Å². The molecule has 4 atom stereocenters. The van der Waals surface area contributed by atoms with Crippen LogP contribution in [0.25, 0.3) is 6.08 Å². The molecule has 180 valence electrons. The number of rotatable bonds is 7. The van der Waals surface area contributed by atoms with Crippen LogP contribution in [-0.4, -0.2) is 25.8 Å². The SMILES string of the molecule is COc1ccc(/C=C/C(=O)C2C(=O)C[C@H](c3ccc(OC)cc3)[C@H](C)C2c2ccc(Cl)cc2)cc1. The summed E-state index contributed by atoms with van der Waals surface area (Å²) in [6.07, 6.45) is 3.62. The minimum atomic E-state index is -0.741. The van der Waals surface area contributed by atoms with E-state index in [1.54, 1.807) is 20.3 Å². The van der Waals surface area contributed by atoms with E-state index in [0.717, 1.165) is 28.2 Å². The van der Waals surface area contributed by atoms with Crippen molar-refractivity contribution < 1.29 is 19.1 Å². The molecule has 0 aromatic heterocycles. The van der Waals surface area contributed by atoms with E-state index < -0.39 is 5.92 Å². The standard InChI is InChI=1S/C30H29ClO4/c1-19-26(21-9-15-25(35-3)16-10-21)18-28(33)30(29(19)22-7-11-23(31)12-8-22)27(32)17-6-20-4-13-24(34-2)14-5-20/h4-17,19,26,29-30H,18H2,1-3H3/b17-6+/t19-,26-,29?,30?/m0/s1. The number of carbonyl (C=O) groups excluding carboxylic acids is 2. The van der Waals surface area contributed by atoms with Gasteiger partial charge in [0, 0.05) is 17.4 Å². The Morgan fingerprint density at radius 1 is 0.857 bits per heavy atom. The number of hydrogen-bond acceptors (Lipinski definition) is 4. The van der Waals surface area contributed by atoms with Crippen LogP contribution in [0.3, 0.4) is 0 Å². The molecule has 0 aliphatic heterocycles. The Morgan fingerprint density at radius 3 is 1.97 bits per heavy atom. The van der Waals surface area contributed by atoms with Crippen molar-refractivity contribution in [3.05, 3.63) is 101 Å². The molecule has 0 spiro atoms. The van der Waals surface area contributed by atoms with Crippen molar-refractivity contribution in [3.63, 3.8) is 0 Å². The van der Waals surface area contributed by atoms with E-state index in [1.165, 1.54) is 6.08 Å². The Bertz CT molecular complexity index is 1200. The molecule has 3 aromatic rings. The highest BCUT2D eigenvalue weighted by Crippen LogP contribution is 2.48. The fraction of sp³-hybridized carbons (Fsp3) is 0.267. The largest absolute Gasteiger partial charge is 0.497 e. The van der Waals surface area contributed by atoms with Crippen molar-refractivity contribution in [2.24, 2.45) is 11.8 Å². The average molecular weight is 489 g/mol. The molecule has 3 aromatic carbocycles. The first-order valence-electron chi connectivity index (χ1n) is 11.7. The molecular weight excluding hydrogens is 460 g/mol. The third-order valence-electron chi connectivity index (χ3n) is 6.99. The second-order valence-electron chi connectivity index (χ2n) is 8.97. The van der Waals surface area contributed by atoms with Gasteiger partial charge in [-0.15, -0.1) is 0 Å². The number of carbonyl (C=O) groups is 2. The van der Waals surface area contributed by atoms with Gasteiger partial charge in [-0.2, -0.15) is 0 Å². The molecule has 0 saturated heterocycles. The molecule has 1 aliphatic rings. The third-order valence-corrected chi connectivity index (χ3v) is 7.24. The smallest absolute Gasteiger partial charge is 0.166 e. The molecule has 0 bridgehead atoms. The molecule has 1 aliphatic carbocycles. The number of benzene rings is 3. The molecule has 4 rings (SSSR count). The minimum Gasteiger partial charge on any atom is -0.497 e. The summed E-state index contributed by atoms with van der Waals surface area (Å²) < 4.78 is 10.5. The monoisotopic (exact) mass is 488 g/mol. The summed E-state index contributed by atoms with van der Waals surface area (Å²) >= 11 is 6.14. The van der Waals surface area contributed by atoms with Crippen LogP contribution in [0, 0.1) is 11.8 Å². The highest BCUT2D eigenvalue weighted by atomic mass is 35.5. The van der Waals surface area contributed by atoms with Crippen molar-refractivity contribution in [2.75, 3.05) is 14.2 Å². The predicted octanol–water partition coefficient (Wildman–Crippen LogP) is 6.73. The van der Waals surface area contributed by atoms with Crippen LogP contribution in [-0.2, 0) is 9.59 Å². The summed E-state index contributed by atoms with van der Waals surface area (Å²) in [5, 5.41) is 0.623. The molecule has 35 heavy (non-hydrogen) atoms. The highest BCUT2D eigenvalue weighted by molar-refractivity contribution is 6.30. The van der Waals surface area contributed by atoms with E-state index in [2.05, 4.69) is 6.92 Å². The Balaban J connectivity index is 1.66. The lowest BCUT2D eigenvalue weighted by Gasteiger charge is -2.40. The first-order valence-corrected chi connectivity index (χ1v) is 12.1. The number of ketones is 2. The maximum atomic E-state index is 13.5. The van der Waals surface area contributed by atoms with E-state index in [1.807, 2.05) is 72.8 Å².